The summed E-state index contributed by atoms with van der Waals surface area (Å²) in [5, 5.41) is 1.39. The van der Waals surface area contributed by atoms with Crippen molar-refractivity contribution in [2.24, 2.45) is 7.05 Å². The Morgan fingerprint density at radius 1 is 1.12 bits per heavy atom. The van der Waals surface area contributed by atoms with Crippen molar-refractivity contribution in [3.8, 4) is 0 Å². The van der Waals surface area contributed by atoms with E-state index in [1.807, 2.05) is 18.5 Å². The molecule has 4 heteroatoms. The van der Waals surface area contributed by atoms with Crippen LogP contribution in [0, 0.1) is 0 Å². The molecule has 4 rings (SSSR count). The van der Waals surface area contributed by atoms with Gasteiger partial charge >= 0.3 is 0 Å². The van der Waals surface area contributed by atoms with Crippen LogP contribution in [0.15, 0.2) is 55.0 Å². The van der Waals surface area contributed by atoms with Crippen LogP contribution in [0.5, 0.6) is 0 Å². The summed E-state index contributed by atoms with van der Waals surface area (Å²) in [6.45, 7) is 3.15. The average Bonchev–Trinajstić information content (AvgIpc) is 3.18. The second kappa shape index (κ2) is 6.62. The molecule has 0 amide bonds. The summed E-state index contributed by atoms with van der Waals surface area (Å²) < 4.78 is 2.27. The molecule has 0 radical (unpaired) electrons. The highest BCUT2D eigenvalue weighted by Gasteiger charge is 2.36. The molecule has 1 aromatic carbocycles. The quantitative estimate of drug-likeness (QED) is 0.733. The molecule has 2 atom stereocenters. The van der Waals surface area contributed by atoms with Gasteiger partial charge in [0.15, 0.2) is 0 Å². The van der Waals surface area contributed by atoms with Crippen molar-refractivity contribution in [1.82, 2.24) is 19.4 Å². The van der Waals surface area contributed by atoms with E-state index in [1.165, 1.54) is 22.0 Å². The van der Waals surface area contributed by atoms with Crippen molar-refractivity contribution >= 4 is 10.9 Å². The van der Waals surface area contributed by atoms with Crippen LogP contribution in [-0.4, -0.2) is 52.6 Å². The molecule has 2 aromatic heterocycles. The van der Waals surface area contributed by atoms with Crippen LogP contribution in [0.1, 0.15) is 17.0 Å². The Bertz CT molecular complexity index is 853. The van der Waals surface area contributed by atoms with Crippen molar-refractivity contribution in [3.05, 3.63) is 66.1 Å². The van der Waals surface area contributed by atoms with Gasteiger partial charge in [-0.3, -0.25) is 9.88 Å². The van der Waals surface area contributed by atoms with Crippen LogP contribution in [-0.2, 0) is 13.6 Å². The number of rotatable bonds is 4. The Morgan fingerprint density at radius 2 is 1.96 bits per heavy atom. The second-order valence-electron chi connectivity index (χ2n) is 7.41. The molecule has 0 saturated carbocycles. The first-order valence-corrected chi connectivity index (χ1v) is 8.95. The number of fused-ring (bicyclic) bond motifs is 1. The van der Waals surface area contributed by atoms with Gasteiger partial charge in [0.05, 0.1) is 0 Å². The first kappa shape index (κ1) is 16.3. The third kappa shape index (κ3) is 3.08. The highest BCUT2D eigenvalue weighted by atomic mass is 15.2. The highest BCUT2D eigenvalue weighted by molar-refractivity contribution is 5.84. The van der Waals surface area contributed by atoms with E-state index in [4.69, 9.17) is 0 Å². The Kier molecular flexibility index (Phi) is 4.32. The summed E-state index contributed by atoms with van der Waals surface area (Å²) in [6, 6.07) is 13.5. The van der Waals surface area contributed by atoms with E-state index in [1.54, 1.807) is 0 Å². The van der Waals surface area contributed by atoms with Crippen LogP contribution in [0.4, 0.5) is 0 Å². The minimum Gasteiger partial charge on any atom is -0.350 e. The number of pyridine rings is 1. The summed E-state index contributed by atoms with van der Waals surface area (Å²) in [7, 11) is 6.56. The molecule has 0 unspecified atom stereocenters. The molecule has 1 fully saturated rings. The maximum absolute atomic E-state index is 4.26. The number of nitrogens with zero attached hydrogens (tertiary/aromatic N) is 4. The fraction of sp³-hybridized carbons (Fsp3) is 0.381. The van der Waals surface area contributed by atoms with Gasteiger partial charge in [0.25, 0.3) is 0 Å². The highest BCUT2D eigenvalue weighted by Crippen LogP contribution is 2.35. The fourth-order valence-electron chi connectivity index (χ4n) is 4.24. The van der Waals surface area contributed by atoms with Crippen molar-refractivity contribution in [1.29, 1.82) is 0 Å². The molecule has 0 aliphatic carbocycles. The topological polar surface area (TPSA) is 24.3 Å². The van der Waals surface area contributed by atoms with Crippen LogP contribution in [0.2, 0.25) is 0 Å². The molecule has 1 saturated heterocycles. The van der Waals surface area contributed by atoms with E-state index in [0.29, 0.717) is 12.0 Å². The lowest BCUT2D eigenvalue weighted by Crippen LogP contribution is -2.34. The fourth-order valence-corrected chi connectivity index (χ4v) is 4.24. The average molecular weight is 334 g/mol. The molecular weight excluding hydrogens is 308 g/mol. The Labute approximate surface area is 149 Å². The van der Waals surface area contributed by atoms with Crippen LogP contribution >= 0.6 is 0 Å². The summed E-state index contributed by atoms with van der Waals surface area (Å²) in [5.74, 6) is 0.526. The molecule has 130 valence electrons. The lowest BCUT2D eigenvalue weighted by atomic mass is 9.93. The Hall–Kier alpha value is -2.17. The zero-order chi connectivity index (χ0) is 17.4. The normalized spacial score (nSPS) is 21.4. The zero-order valence-corrected chi connectivity index (χ0v) is 15.3. The monoisotopic (exact) mass is 334 g/mol. The van der Waals surface area contributed by atoms with Gasteiger partial charge in [0.1, 0.15) is 0 Å². The van der Waals surface area contributed by atoms with E-state index < -0.39 is 0 Å². The molecule has 0 spiro atoms. The van der Waals surface area contributed by atoms with Gasteiger partial charge in [-0.15, -0.1) is 0 Å². The first-order chi connectivity index (χ1) is 12.1. The summed E-state index contributed by atoms with van der Waals surface area (Å²) in [5.41, 5.74) is 4.09. The maximum atomic E-state index is 4.26. The molecule has 1 aliphatic rings. The predicted octanol–water partition coefficient (Wildman–Crippen LogP) is 3.10. The lowest BCUT2D eigenvalue weighted by Gasteiger charge is -2.25. The molecule has 3 aromatic rings. The summed E-state index contributed by atoms with van der Waals surface area (Å²) in [4.78, 5) is 9.21. The lowest BCUT2D eigenvalue weighted by molar-refractivity contribution is 0.260. The van der Waals surface area contributed by atoms with Crippen molar-refractivity contribution in [2.75, 3.05) is 27.2 Å². The number of likely N-dealkylation sites (tertiary alicyclic amines) is 1. The minimum atomic E-state index is 0.526. The van der Waals surface area contributed by atoms with Gasteiger partial charge in [0.2, 0.25) is 0 Å². The number of hydrogen-bond donors (Lipinski definition) is 0. The maximum Gasteiger partial charge on any atom is 0.0480 e. The van der Waals surface area contributed by atoms with Gasteiger partial charge in [-0.25, -0.2) is 0 Å². The van der Waals surface area contributed by atoms with Gasteiger partial charge in [0, 0.05) is 68.1 Å². The van der Waals surface area contributed by atoms with Gasteiger partial charge in [-0.05, 0) is 37.4 Å². The number of hydrogen-bond acceptors (Lipinski definition) is 3. The molecule has 4 nitrogen and oxygen atoms in total. The Balaban J connectivity index is 1.65. The minimum absolute atomic E-state index is 0.526. The van der Waals surface area contributed by atoms with Crippen LogP contribution in [0.3, 0.4) is 0 Å². The third-order valence-electron chi connectivity index (χ3n) is 5.48. The molecule has 25 heavy (non-hydrogen) atoms. The first-order valence-electron chi connectivity index (χ1n) is 8.95. The predicted molar refractivity (Wildman–Crippen MR) is 103 cm³/mol. The number of para-hydroxylation sites is 1. The smallest absolute Gasteiger partial charge is 0.0480 e. The number of aromatic nitrogens is 2. The summed E-state index contributed by atoms with van der Waals surface area (Å²) in [6.07, 6.45) is 6.16. The standard InChI is InChI=1S/C21H26N4/c1-23(2)21-15-25(12-16-7-6-10-22-11-16)14-19(21)18-13-24(3)20-9-5-4-8-17(18)20/h4-11,13,19,21H,12,14-15H2,1-3H3/t19-,21+/m0/s1. The number of likely N-dealkylation sites (N-methyl/N-ethyl adjacent to an activating group) is 1. The molecule has 3 heterocycles. The van der Waals surface area contributed by atoms with Gasteiger partial charge < -0.3 is 9.47 Å². The van der Waals surface area contributed by atoms with Crippen LogP contribution < -0.4 is 0 Å². The van der Waals surface area contributed by atoms with Gasteiger partial charge in [-0.1, -0.05) is 24.3 Å². The summed E-state index contributed by atoms with van der Waals surface area (Å²) >= 11 is 0. The third-order valence-corrected chi connectivity index (χ3v) is 5.48. The van der Waals surface area contributed by atoms with Crippen molar-refractivity contribution in [3.63, 3.8) is 0 Å². The van der Waals surface area contributed by atoms with E-state index in [0.717, 1.165) is 19.6 Å². The molecule has 0 N–H and O–H groups in total. The number of benzene rings is 1. The van der Waals surface area contributed by atoms with Crippen molar-refractivity contribution < 1.29 is 0 Å². The Morgan fingerprint density at radius 3 is 2.72 bits per heavy atom. The van der Waals surface area contributed by atoms with Gasteiger partial charge in [-0.2, -0.15) is 0 Å². The van der Waals surface area contributed by atoms with E-state index in [-0.39, 0.29) is 0 Å². The molecule has 1 aliphatic heterocycles. The number of aryl methyl sites for hydroxylation is 1. The van der Waals surface area contributed by atoms with E-state index in [2.05, 4.69) is 77.0 Å². The molecule has 0 bridgehead atoms. The van der Waals surface area contributed by atoms with Crippen molar-refractivity contribution in [2.45, 2.75) is 18.5 Å². The zero-order valence-electron chi connectivity index (χ0n) is 15.3. The van der Waals surface area contributed by atoms with E-state index >= 15 is 0 Å². The largest absolute Gasteiger partial charge is 0.350 e. The second-order valence-corrected chi connectivity index (χ2v) is 7.41. The van der Waals surface area contributed by atoms with E-state index in [9.17, 15) is 0 Å². The van der Waals surface area contributed by atoms with Crippen LogP contribution in [0.25, 0.3) is 10.9 Å². The SMILES string of the molecule is CN(C)[C@@H]1CN(Cc2cccnc2)C[C@H]1c1cn(C)c2ccccc12. The molecular formula is C21H26N4.